The van der Waals surface area contributed by atoms with E-state index in [4.69, 9.17) is 9.47 Å². The minimum Gasteiger partial charge on any atom is -0.496 e. The first-order valence-electron chi connectivity index (χ1n) is 11.8. The van der Waals surface area contributed by atoms with Gasteiger partial charge in [0, 0.05) is 43.1 Å². The Morgan fingerprint density at radius 3 is 1.97 bits per heavy atom. The van der Waals surface area contributed by atoms with Gasteiger partial charge >= 0.3 is 0 Å². The summed E-state index contributed by atoms with van der Waals surface area (Å²) >= 11 is 0. The van der Waals surface area contributed by atoms with Gasteiger partial charge in [-0.25, -0.2) is 0 Å². The summed E-state index contributed by atoms with van der Waals surface area (Å²) in [6, 6.07) is 20.8. The van der Waals surface area contributed by atoms with Crippen LogP contribution in [0.4, 0.5) is 11.4 Å². The number of ether oxygens (including phenoxy) is 2. The molecule has 0 radical (unpaired) electrons. The lowest BCUT2D eigenvalue weighted by Gasteiger charge is -2.36. The van der Waals surface area contributed by atoms with Gasteiger partial charge in [-0.05, 0) is 60.5 Å². The van der Waals surface area contributed by atoms with Crippen LogP contribution in [0.3, 0.4) is 0 Å². The molecule has 182 valence electrons. The predicted octanol–water partition coefficient (Wildman–Crippen LogP) is 4.48. The van der Waals surface area contributed by atoms with Crippen LogP contribution in [0.15, 0.2) is 66.7 Å². The molecule has 1 aliphatic rings. The molecule has 0 bridgehead atoms. The van der Waals surface area contributed by atoms with E-state index in [0.717, 1.165) is 30.8 Å². The molecule has 3 aromatic rings. The zero-order valence-corrected chi connectivity index (χ0v) is 20.4. The van der Waals surface area contributed by atoms with Gasteiger partial charge < -0.3 is 24.6 Å². The second-order valence-corrected chi connectivity index (χ2v) is 8.37. The molecule has 1 saturated heterocycles. The summed E-state index contributed by atoms with van der Waals surface area (Å²) < 4.78 is 10.7. The van der Waals surface area contributed by atoms with Crippen molar-refractivity contribution in [2.75, 3.05) is 50.6 Å². The van der Waals surface area contributed by atoms with Crippen LogP contribution in [-0.2, 0) is 6.42 Å². The second-order valence-electron chi connectivity index (χ2n) is 8.37. The summed E-state index contributed by atoms with van der Waals surface area (Å²) in [7, 11) is 3.05. The van der Waals surface area contributed by atoms with Crippen LogP contribution in [0, 0.1) is 0 Å². The minimum absolute atomic E-state index is 0.0807. The van der Waals surface area contributed by atoms with E-state index in [2.05, 4.69) is 17.1 Å². The topological polar surface area (TPSA) is 71.1 Å². The lowest BCUT2D eigenvalue weighted by molar-refractivity contribution is 0.0746. The number of methoxy groups -OCH3 is 2. The van der Waals surface area contributed by atoms with Crippen molar-refractivity contribution in [3.63, 3.8) is 0 Å². The van der Waals surface area contributed by atoms with E-state index in [1.807, 2.05) is 53.4 Å². The molecule has 1 heterocycles. The fourth-order valence-electron chi connectivity index (χ4n) is 4.26. The largest absolute Gasteiger partial charge is 0.496 e. The number of nitrogens with zero attached hydrogens (tertiary/aromatic N) is 2. The van der Waals surface area contributed by atoms with E-state index in [9.17, 15) is 9.59 Å². The van der Waals surface area contributed by atoms with Crippen molar-refractivity contribution in [2.45, 2.75) is 13.3 Å². The summed E-state index contributed by atoms with van der Waals surface area (Å²) in [5, 5.41) is 2.92. The Balaban J connectivity index is 1.36. The molecule has 0 aliphatic carbocycles. The SMILES string of the molecule is CCc1ccc(C(=O)N2CCN(c3ccc(NC(=O)c4c(OC)cccc4OC)cc3)CC2)cc1. The number of anilines is 2. The molecule has 0 atom stereocenters. The number of benzene rings is 3. The van der Waals surface area contributed by atoms with Crippen LogP contribution >= 0.6 is 0 Å². The summed E-state index contributed by atoms with van der Waals surface area (Å²) in [5.41, 5.74) is 4.05. The van der Waals surface area contributed by atoms with Crippen molar-refractivity contribution in [3.05, 3.63) is 83.4 Å². The number of nitrogens with one attached hydrogen (secondary N) is 1. The average Bonchev–Trinajstić information content (AvgIpc) is 2.92. The number of piperazine rings is 1. The Hall–Kier alpha value is -4.00. The molecule has 4 rings (SSSR count). The molecular formula is C28H31N3O4. The van der Waals surface area contributed by atoms with Gasteiger partial charge in [-0.3, -0.25) is 9.59 Å². The zero-order valence-electron chi connectivity index (χ0n) is 20.4. The van der Waals surface area contributed by atoms with Gasteiger partial charge in [0.25, 0.3) is 11.8 Å². The highest BCUT2D eigenvalue weighted by Crippen LogP contribution is 2.29. The summed E-state index contributed by atoms with van der Waals surface area (Å²) in [5.74, 6) is 0.683. The zero-order chi connectivity index (χ0) is 24.8. The maximum absolute atomic E-state index is 12.9. The lowest BCUT2D eigenvalue weighted by Crippen LogP contribution is -2.48. The second kappa shape index (κ2) is 11.0. The standard InChI is InChI=1S/C28H31N3O4/c1-4-20-8-10-21(11-9-20)28(33)31-18-16-30(17-19-31)23-14-12-22(13-15-23)29-27(32)26-24(34-2)6-5-7-25(26)35-3/h5-15H,4,16-19H2,1-3H3,(H,29,32). The Kier molecular flexibility index (Phi) is 7.55. The van der Waals surface area contributed by atoms with Crippen molar-refractivity contribution in [3.8, 4) is 11.5 Å². The van der Waals surface area contributed by atoms with Crippen LogP contribution in [0.2, 0.25) is 0 Å². The van der Waals surface area contributed by atoms with Gasteiger partial charge in [0.15, 0.2) is 0 Å². The normalized spacial score (nSPS) is 13.3. The van der Waals surface area contributed by atoms with E-state index in [0.29, 0.717) is 35.8 Å². The fraction of sp³-hybridized carbons (Fsp3) is 0.286. The number of amides is 2. The van der Waals surface area contributed by atoms with E-state index < -0.39 is 0 Å². The van der Waals surface area contributed by atoms with Crippen LogP contribution in [0.1, 0.15) is 33.2 Å². The number of carbonyl (C=O) groups excluding carboxylic acids is 2. The quantitative estimate of drug-likeness (QED) is 0.548. The summed E-state index contributed by atoms with van der Waals surface area (Å²) in [6.07, 6.45) is 0.963. The van der Waals surface area contributed by atoms with Crippen LogP contribution < -0.4 is 19.7 Å². The molecule has 3 aromatic carbocycles. The number of rotatable bonds is 7. The van der Waals surface area contributed by atoms with E-state index >= 15 is 0 Å². The Morgan fingerprint density at radius 2 is 1.43 bits per heavy atom. The van der Waals surface area contributed by atoms with Crippen molar-refractivity contribution in [1.29, 1.82) is 0 Å². The Morgan fingerprint density at radius 1 is 0.829 bits per heavy atom. The monoisotopic (exact) mass is 473 g/mol. The highest BCUT2D eigenvalue weighted by atomic mass is 16.5. The summed E-state index contributed by atoms with van der Waals surface area (Å²) in [6.45, 7) is 4.95. The van der Waals surface area contributed by atoms with Crippen LogP contribution in [-0.4, -0.2) is 57.1 Å². The molecule has 0 saturated carbocycles. The van der Waals surface area contributed by atoms with Gasteiger partial charge in [0.05, 0.1) is 14.2 Å². The first-order valence-corrected chi connectivity index (χ1v) is 11.8. The van der Waals surface area contributed by atoms with Gasteiger partial charge in [-0.15, -0.1) is 0 Å². The van der Waals surface area contributed by atoms with Crippen LogP contribution in [0.5, 0.6) is 11.5 Å². The fourth-order valence-corrected chi connectivity index (χ4v) is 4.26. The molecule has 0 aromatic heterocycles. The molecule has 1 N–H and O–H groups in total. The molecule has 7 nitrogen and oxygen atoms in total. The van der Waals surface area contributed by atoms with Gasteiger partial charge in [0.1, 0.15) is 17.1 Å². The third-order valence-corrected chi connectivity index (χ3v) is 6.32. The van der Waals surface area contributed by atoms with Crippen molar-refractivity contribution >= 4 is 23.2 Å². The number of hydrogen-bond donors (Lipinski definition) is 1. The predicted molar refractivity (Wildman–Crippen MR) is 138 cm³/mol. The Bertz CT molecular complexity index is 1150. The van der Waals surface area contributed by atoms with Crippen molar-refractivity contribution in [1.82, 2.24) is 4.90 Å². The first-order chi connectivity index (χ1) is 17.0. The number of aryl methyl sites for hydroxylation is 1. The van der Waals surface area contributed by atoms with E-state index in [1.54, 1.807) is 18.2 Å². The molecule has 35 heavy (non-hydrogen) atoms. The lowest BCUT2D eigenvalue weighted by atomic mass is 10.1. The highest BCUT2D eigenvalue weighted by Gasteiger charge is 2.23. The minimum atomic E-state index is -0.300. The van der Waals surface area contributed by atoms with E-state index in [1.165, 1.54) is 19.8 Å². The third kappa shape index (κ3) is 5.40. The van der Waals surface area contributed by atoms with Gasteiger partial charge in [-0.2, -0.15) is 0 Å². The molecule has 1 aliphatic heterocycles. The third-order valence-electron chi connectivity index (χ3n) is 6.32. The first kappa shape index (κ1) is 24.1. The van der Waals surface area contributed by atoms with Gasteiger partial charge in [-0.1, -0.05) is 25.1 Å². The molecular weight excluding hydrogens is 442 g/mol. The maximum Gasteiger partial charge on any atom is 0.263 e. The van der Waals surface area contributed by atoms with Gasteiger partial charge in [0.2, 0.25) is 0 Å². The average molecular weight is 474 g/mol. The number of hydrogen-bond acceptors (Lipinski definition) is 5. The van der Waals surface area contributed by atoms with Crippen LogP contribution in [0.25, 0.3) is 0 Å². The maximum atomic E-state index is 12.9. The summed E-state index contributed by atoms with van der Waals surface area (Å²) in [4.78, 5) is 29.9. The van der Waals surface area contributed by atoms with Crippen molar-refractivity contribution < 1.29 is 19.1 Å². The Labute approximate surface area is 206 Å². The molecule has 1 fully saturated rings. The highest BCUT2D eigenvalue weighted by molar-refractivity contribution is 6.08. The number of carbonyl (C=O) groups is 2. The van der Waals surface area contributed by atoms with Crippen molar-refractivity contribution in [2.24, 2.45) is 0 Å². The van der Waals surface area contributed by atoms with E-state index in [-0.39, 0.29) is 11.8 Å². The molecule has 7 heteroatoms. The molecule has 0 spiro atoms. The smallest absolute Gasteiger partial charge is 0.263 e. The molecule has 0 unspecified atom stereocenters. The molecule has 2 amide bonds.